The van der Waals surface area contributed by atoms with E-state index in [0.717, 1.165) is 18.0 Å². The maximum Gasteiger partial charge on any atom is 0.261 e. The van der Waals surface area contributed by atoms with Crippen molar-refractivity contribution in [3.05, 3.63) is 60.4 Å². The van der Waals surface area contributed by atoms with Gasteiger partial charge in [0, 0.05) is 26.2 Å². The van der Waals surface area contributed by atoms with Crippen LogP contribution in [0.1, 0.15) is 6.42 Å². The van der Waals surface area contributed by atoms with Gasteiger partial charge >= 0.3 is 0 Å². The number of carbonyl (C=O) groups excluding carboxylic acids is 3. The molecule has 2 aliphatic rings. The summed E-state index contributed by atoms with van der Waals surface area (Å²) in [7, 11) is 0. The van der Waals surface area contributed by atoms with Crippen LogP contribution < -0.4 is 9.64 Å². The van der Waals surface area contributed by atoms with Gasteiger partial charge in [-0.25, -0.2) is 9.29 Å². The van der Waals surface area contributed by atoms with E-state index in [4.69, 9.17) is 9.47 Å². The molecule has 2 aliphatic heterocycles. The number of carbonyl (C=O) groups is 3. The van der Waals surface area contributed by atoms with E-state index in [1.54, 1.807) is 24.3 Å². The molecule has 0 N–H and O–H groups in total. The molecule has 0 spiro atoms. The molecule has 0 aromatic heterocycles. The molecule has 2 heterocycles. The van der Waals surface area contributed by atoms with E-state index in [9.17, 15) is 18.8 Å². The third kappa shape index (κ3) is 5.55. The molecule has 0 aliphatic carbocycles. The number of ether oxygens (including phenoxy) is 2. The van der Waals surface area contributed by atoms with Crippen molar-refractivity contribution in [1.82, 2.24) is 9.80 Å². The Morgan fingerprint density at radius 2 is 1.76 bits per heavy atom. The van der Waals surface area contributed by atoms with Crippen LogP contribution in [0.25, 0.3) is 0 Å². The molecule has 2 saturated heterocycles. The molecule has 2 fully saturated rings. The van der Waals surface area contributed by atoms with Crippen molar-refractivity contribution in [1.29, 1.82) is 0 Å². The van der Waals surface area contributed by atoms with Gasteiger partial charge in [0.25, 0.3) is 11.8 Å². The zero-order valence-electron chi connectivity index (χ0n) is 18.2. The van der Waals surface area contributed by atoms with E-state index in [-0.39, 0.29) is 31.2 Å². The summed E-state index contributed by atoms with van der Waals surface area (Å²) in [5.74, 6) is -1.22. The minimum atomic E-state index is -0.935. The smallest absolute Gasteiger partial charge is 0.261 e. The predicted octanol–water partition coefficient (Wildman–Crippen LogP) is 1.70. The van der Waals surface area contributed by atoms with Crippen LogP contribution in [-0.2, 0) is 19.1 Å². The zero-order valence-corrected chi connectivity index (χ0v) is 18.2. The number of hydrogen-bond acceptors (Lipinski definition) is 6. The summed E-state index contributed by atoms with van der Waals surface area (Å²) in [6.07, 6.45) is -0.129. The Bertz CT molecular complexity index is 979. The lowest BCUT2D eigenvalue weighted by Crippen LogP contribution is -2.51. The number of hydrogen-bond donors (Lipinski definition) is 0. The Kier molecular flexibility index (Phi) is 7.31. The number of benzene rings is 2. The van der Waals surface area contributed by atoms with Crippen LogP contribution in [0, 0.1) is 5.82 Å². The van der Waals surface area contributed by atoms with Crippen LogP contribution >= 0.6 is 0 Å². The number of rotatable bonds is 8. The van der Waals surface area contributed by atoms with E-state index >= 15 is 0 Å². The fourth-order valence-corrected chi connectivity index (χ4v) is 3.99. The van der Waals surface area contributed by atoms with Gasteiger partial charge in [0.05, 0.1) is 25.3 Å². The number of imide groups is 1. The summed E-state index contributed by atoms with van der Waals surface area (Å²) < 4.78 is 24.3. The lowest BCUT2D eigenvalue weighted by Gasteiger charge is -2.32. The third-order valence-corrected chi connectivity index (χ3v) is 5.77. The highest BCUT2D eigenvalue weighted by atomic mass is 19.1. The summed E-state index contributed by atoms with van der Waals surface area (Å²) in [5.41, 5.74) is 0.287. The van der Waals surface area contributed by atoms with Crippen LogP contribution in [0.15, 0.2) is 54.6 Å². The zero-order chi connectivity index (χ0) is 23.2. The molecule has 1 unspecified atom stereocenters. The molecule has 8 nitrogen and oxygen atoms in total. The number of para-hydroxylation sites is 1. The number of amides is 3. The van der Waals surface area contributed by atoms with Crippen LogP contribution in [-0.4, -0.2) is 79.6 Å². The molecule has 1 atom stereocenters. The van der Waals surface area contributed by atoms with Crippen molar-refractivity contribution in [2.45, 2.75) is 12.5 Å². The maximum atomic E-state index is 13.3. The molecule has 2 aromatic carbocycles. The first-order valence-corrected chi connectivity index (χ1v) is 10.9. The minimum absolute atomic E-state index is 0.129. The average molecular weight is 455 g/mol. The molecule has 3 amide bonds. The lowest BCUT2D eigenvalue weighted by molar-refractivity contribution is -0.140. The highest BCUT2D eigenvalue weighted by Gasteiger charge is 2.44. The van der Waals surface area contributed by atoms with Crippen LogP contribution in [0.2, 0.25) is 0 Å². The summed E-state index contributed by atoms with van der Waals surface area (Å²) >= 11 is 0. The molecule has 9 heteroatoms. The third-order valence-electron chi connectivity index (χ3n) is 5.77. The van der Waals surface area contributed by atoms with E-state index in [0.29, 0.717) is 25.5 Å². The Labute approximate surface area is 191 Å². The molecule has 33 heavy (non-hydrogen) atoms. The number of halogens is 1. The largest absolute Gasteiger partial charge is 0.484 e. The SMILES string of the molecule is O=C1CC(N(CCN2CCOCC2)C(=O)COc2ccccc2)C(=O)N1c1ccc(F)cc1. The summed E-state index contributed by atoms with van der Waals surface area (Å²) in [6, 6.07) is 13.1. The van der Waals surface area contributed by atoms with Crippen molar-refractivity contribution in [2.24, 2.45) is 0 Å². The van der Waals surface area contributed by atoms with Crippen molar-refractivity contribution in [3.63, 3.8) is 0 Å². The Morgan fingerprint density at radius 1 is 1.06 bits per heavy atom. The van der Waals surface area contributed by atoms with E-state index < -0.39 is 23.7 Å². The van der Waals surface area contributed by atoms with Crippen LogP contribution in [0.5, 0.6) is 5.75 Å². The standard InChI is InChI=1S/C24H26FN3O5/c25-18-6-8-19(9-7-18)28-22(29)16-21(24(28)31)27(11-10-26-12-14-32-15-13-26)23(30)17-33-20-4-2-1-3-5-20/h1-9,21H,10-17H2. The number of anilines is 1. The first-order chi connectivity index (χ1) is 16.0. The fraction of sp³-hybridized carbons (Fsp3) is 0.375. The maximum absolute atomic E-state index is 13.3. The minimum Gasteiger partial charge on any atom is -0.484 e. The Morgan fingerprint density at radius 3 is 2.45 bits per heavy atom. The Balaban J connectivity index is 1.49. The quantitative estimate of drug-likeness (QED) is 0.564. The predicted molar refractivity (Wildman–Crippen MR) is 118 cm³/mol. The van der Waals surface area contributed by atoms with Crippen molar-refractivity contribution in [2.75, 3.05) is 50.9 Å². The van der Waals surface area contributed by atoms with Gasteiger partial charge in [-0.3, -0.25) is 19.3 Å². The monoisotopic (exact) mass is 455 g/mol. The lowest BCUT2D eigenvalue weighted by atomic mass is 10.2. The second kappa shape index (κ2) is 10.5. The Hall–Kier alpha value is -3.30. The molecular formula is C24H26FN3O5. The van der Waals surface area contributed by atoms with Gasteiger partial charge in [0.2, 0.25) is 5.91 Å². The van der Waals surface area contributed by atoms with Crippen molar-refractivity contribution < 1.29 is 28.2 Å². The molecule has 0 bridgehead atoms. The molecular weight excluding hydrogens is 429 g/mol. The first-order valence-electron chi connectivity index (χ1n) is 10.9. The molecule has 2 aromatic rings. The van der Waals surface area contributed by atoms with Gasteiger partial charge in [0.15, 0.2) is 6.61 Å². The molecule has 0 radical (unpaired) electrons. The van der Waals surface area contributed by atoms with E-state index in [1.165, 1.54) is 29.2 Å². The summed E-state index contributed by atoms with van der Waals surface area (Å²) in [6.45, 7) is 3.28. The fourth-order valence-electron chi connectivity index (χ4n) is 3.99. The van der Waals surface area contributed by atoms with E-state index in [1.807, 2.05) is 6.07 Å². The first kappa shape index (κ1) is 22.9. The van der Waals surface area contributed by atoms with Gasteiger partial charge < -0.3 is 14.4 Å². The summed E-state index contributed by atoms with van der Waals surface area (Å²) in [5, 5.41) is 0. The second-order valence-corrected chi connectivity index (χ2v) is 7.91. The average Bonchev–Trinajstić information content (AvgIpc) is 3.13. The molecule has 0 saturated carbocycles. The number of nitrogens with zero attached hydrogens (tertiary/aromatic N) is 3. The van der Waals surface area contributed by atoms with Crippen molar-refractivity contribution >= 4 is 23.4 Å². The highest BCUT2D eigenvalue weighted by molar-refractivity contribution is 6.23. The molecule has 174 valence electrons. The van der Waals surface area contributed by atoms with Gasteiger partial charge in [0.1, 0.15) is 17.6 Å². The van der Waals surface area contributed by atoms with Crippen molar-refractivity contribution in [3.8, 4) is 5.75 Å². The topological polar surface area (TPSA) is 79.4 Å². The van der Waals surface area contributed by atoms with Crippen LogP contribution in [0.4, 0.5) is 10.1 Å². The number of morpholine rings is 1. The molecule has 4 rings (SSSR count). The van der Waals surface area contributed by atoms with E-state index in [2.05, 4.69) is 4.90 Å². The summed E-state index contributed by atoms with van der Waals surface area (Å²) in [4.78, 5) is 43.7. The van der Waals surface area contributed by atoms with Crippen LogP contribution in [0.3, 0.4) is 0 Å². The highest BCUT2D eigenvalue weighted by Crippen LogP contribution is 2.26. The normalized spacial score (nSPS) is 19.1. The van der Waals surface area contributed by atoms with Gasteiger partial charge in [-0.05, 0) is 36.4 Å². The van der Waals surface area contributed by atoms with Gasteiger partial charge in [-0.1, -0.05) is 18.2 Å². The van der Waals surface area contributed by atoms with Gasteiger partial charge in [-0.15, -0.1) is 0 Å². The second-order valence-electron chi connectivity index (χ2n) is 7.91. The van der Waals surface area contributed by atoms with Gasteiger partial charge in [-0.2, -0.15) is 0 Å².